The number of benzene rings is 1. The maximum atomic E-state index is 12.8. The van der Waals surface area contributed by atoms with Gasteiger partial charge in [-0.1, -0.05) is 30.3 Å². The van der Waals surface area contributed by atoms with Crippen LogP contribution < -0.4 is 16.1 Å². The lowest BCUT2D eigenvalue weighted by Crippen LogP contribution is -2.34. The van der Waals surface area contributed by atoms with E-state index in [1.807, 2.05) is 0 Å². The predicted octanol–water partition coefficient (Wildman–Crippen LogP) is 2.40. The number of esters is 1. The van der Waals surface area contributed by atoms with Crippen molar-refractivity contribution in [2.24, 2.45) is 0 Å². The zero-order valence-corrected chi connectivity index (χ0v) is 23.0. The molecular weight excluding hydrogens is 554 g/mol. The molecule has 0 spiro atoms. The van der Waals surface area contributed by atoms with Crippen LogP contribution >= 0.6 is 0 Å². The highest BCUT2D eigenvalue weighted by atomic mass is 16.7. The van der Waals surface area contributed by atoms with Crippen LogP contribution in [-0.2, 0) is 23.7 Å². The molecule has 1 unspecified atom stereocenters. The number of aryl methyl sites for hydroxylation is 1. The Morgan fingerprint density at radius 2 is 2.00 bits per heavy atom. The van der Waals surface area contributed by atoms with E-state index in [0.717, 1.165) is 0 Å². The number of pyridine rings is 1. The summed E-state index contributed by atoms with van der Waals surface area (Å²) < 4.78 is 23.4. The number of hydrogen-bond donors (Lipinski definition) is 1. The SMILES string of the molecule is CC(=O)O[C@H]1C[C@H](n2cc(C)c(=O)[nH]c2=O)O[C@@H]1COC(=O)OC(CN(C)c1cc([N+](=O)[O-])ccn1)c1ccccc1. The van der Waals surface area contributed by atoms with Gasteiger partial charge in [0.15, 0.2) is 0 Å². The van der Waals surface area contributed by atoms with Crippen molar-refractivity contribution < 1.29 is 33.5 Å². The number of carbonyl (C=O) groups is 2. The second-order valence-electron chi connectivity index (χ2n) is 9.58. The number of aromatic nitrogens is 3. The average Bonchev–Trinajstić information content (AvgIpc) is 3.35. The molecular formula is C27H29N5O10. The van der Waals surface area contributed by atoms with Crippen molar-refractivity contribution in [2.45, 2.75) is 44.8 Å². The molecule has 15 heteroatoms. The van der Waals surface area contributed by atoms with Gasteiger partial charge in [-0.25, -0.2) is 14.6 Å². The van der Waals surface area contributed by atoms with Gasteiger partial charge in [0.25, 0.3) is 11.2 Å². The zero-order valence-electron chi connectivity index (χ0n) is 23.0. The predicted molar refractivity (Wildman–Crippen MR) is 146 cm³/mol. The van der Waals surface area contributed by atoms with E-state index in [9.17, 15) is 29.3 Å². The summed E-state index contributed by atoms with van der Waals surface area (Å²) >= 11 is 0. The first kappa shape index (κ1) is 29.9. The van der Waals surface area contributed by atoms with E-state index in [-0.39, 0.29) is 30.8 Å². The van der Waals surface area contributed by atoms with Gasteiger partial charge in [0.2, 0.25) is 0 Å². The van der Waals surface area contributed by atoms with Gasteiger partial charge in [-0.15, -0.1) is 0 Å². The van der Waals surface area contributed by atoms with E-state index >= 15 is 0 Å². The highest BCUT2D eigenvalue weighted by molar-refractivity contribution is 5.66. The molecule has 1 aromatic carbocycles. The van der Waals surface area contributed by atoms with Crippen LogP contribution in [0.2, 0.25) is 0 Å². The minimum atomic E-state index is -1.05. The normalized spacial score (nSPS) is 18.6. The minimum absolute atomic E-state index is 0.0711. The quantitative estimate of drug-likeness (QED) is 0.209. The summed E-state index contributed by atoms with van der Waals surface area (Å²) in [6.45, 7) is 2.46. The standard InChI is InChI=1S/C27H29N5O10/c1-16-13-31(26(35)29-25(16)34)24-12-20(40-17(2)33)22(41-24)15-39-27(36)42-21(18-7-5-4-6-8-18)14-30(3)23-11-19(32(37)38)9-10-28-23/h4-11,13,20-22,24H,12,14-15H2,1-3H3,(H,29,34,35)/t20-,21?,22+,24+/m0/s1. The van der Waals surface area contributed by atoms with Gasteiger partial charge in [0.1, 0.15) is 37.0 Å². The summed E-state index contributed by atoms with van der Waals surface area (Å²) in [5, 5.41) is 11.2. The van der Waals surface area contributed by atoms with Crippen molar-refractivity contribution in [3.63, 3.8) is 0 Å². The molecule has 3 aromatic rings. The number of anilines is 1. The largest absolute Gasteiger partial charge is 0.509 e. The molecule has 42 heavy (non-hydrogen) atoms. The summed E-state index contributed by atoms with van der Waals surface area (Å²) in [6.07, 6.45) is -1.85. The van der Waals surface area contributed by atoms with Crippen LogP contribution in [0.25, 0.3) is 0 Å². The van der Waals surface area contributed by atoms with E-state index in [1.54, 1.807) is 42.3 Å². The van der Waals surface area contributed by atoms with Crippen LogP contribution in [0, 0.1) is 17.0 Å². The molecule has 4 atom stereocenters. The Bertz CT molecular complexity index is 1560. The number of nitrogens with one attached hydrogen (secondary N) is 1. The first-order valence-electron chi connectivity index (χ1n) is 12.9. The molecule has 0 amide bonds. The van der Waals surface area contributed by atoms with Gasteiger partial charge in [0.05, 0.1) is 17.5 Å². The summed E-state index contributed by atoms with van der Waals surface area (Å²) in [6, 6.07) is 11.4. The number of hydrogen-bond acceptors (Lipinski definition) is 12. The molecule has 0 aliphatic carbocycles. The summed E-state index contributed by atoms with van der Waals surface area (Å²) in [5.41, 5.74) is -0.461. The third-order valence-corrected chi connectivity index (χ3v) is 6.50. The number of carbonyl (C=O) groups excluding carboxylic acids is 2. The Hall–Kier alpha value is -5.05. The zero-order chi connectivity index (χ0) is 30.4. The molecule has 0 radical (unpaired) electrons. The fourth-order valence-electron chi connectivity index (χ4n) is 4.41. The minimum Gasteiger partial charge on any atom is -0.459 e. The van der Waals surface area contributed by atoms with E-state index in [1.165, 1.54) is 42.9 Å². The van der Waals surface area contributed by atoms with E-state index in [4.69, 9.17) is 18.9 Å². The summed E-state index contributed by atoms with van der Waals surface area (Å²) in [7, 11) is 1.65. The van der Waals surface area contributed by atoms with Crippen molar-refractivity contribution in [1.82, 2.24) is 14.5 Å². The van der Waals surface area contributed by atoms with Crippen LogP contribution in [0.15, 0.2) is 64.4 Å². The number of nitrogens with zero attached hydrogens (tertiary/aromatic N) is 4. The van der Waals surface area contributed by atoms with Gasteiger partial charge in [-0.3, -0.25) is 29.3 Å². The first-order chi connectivity index (χ1) is 20.0. The maximum Gasteiger partial charge on any atom is 0.509 e. The first-order valence-corrected chi connectivity index (χ1v) is 12.9. The van der Waals surface area contributed by atoms with E-state index < -0.39 is 52.8 Å². The Labute approximate surface area is 238 Å². The van der Waals surface area contributed by atoms with Crippen LogP contribution in [-0.4, -0.2) is 64.0 Å². The number of ether oxygens (including phenoxy) is 4. The van der Waals surface area contributed by atoms with Crippen LogP contribution in [0.1, 0.15) is 36.8 Å². The monoisotopic (exact) mass is 583 g/mol. The molecule has 0 bridgehead atoms. The van der Waals surface area contributed by atoms with Crippen LogP contribution in [0.5, 0.6) is 0 Å². The second-order valence-corrected chi connectivity index (χ2v) is 9.58. The fourth-order valence-corrected chi connectivity index (χ4v) is 4.41. The van der Waals surface area contributed by atoms with Crippen molar-refractivity contribution >= 4 is 23.6 Å². The molecule has 1 aliphatic heterocycles. The number of rotatable bonds is 10. The molecule has 222 valence electrons. The number of H-pyrrole nitrogens is 1. The van der Waals surface area contributed by atoms with Crippen LogP contribution in [0.3, 0.4) is 0 Å². The van der Waals surface area contributed by atoms with Crippen molar-refractivity contribution in [3.05, 3.63) is 96.9 Å². The third kappa shape index (κ3) is 7.37. The van der Waals surface area contributed by atoms with Gasteiger partial charge in [-0.05, 0) is 12.5 Å². The molecule has 3 heterocycles. The van der Waals surface area contributed by atoms with Gasteiger partial charge in [-0.2, -0.15) is 0 Å². The fraction of sp³-hybridized carbons (Fsp3) is 0.370. The number of nitro groups is 1. The Kier molecular flexibility index (Phi) is 9.32. The Morgan fingerprint density at radius 3 is 2.69 bits per heavy atom. The van der Waals surface area contributed by atoms with E-state index in [2.05, 4.69) is 9.97 Å². The van der Waals surface area contributed by atoms with Crippen molar-refractivity contribution in [1.29, 1.82) is 0 Å². The Morgan fingerprint density at radius 1 is 1.26 bits per heavy atom. The van der Waals surface area contributed by atoms with Crippen molar-refractivity contribution in [2.75, 3.05) is 25.1 Å². The lowest BCUT2D eigenvalue weighted by atomic mass is 10.1. The molecule has 1 aliphatic rings. The Balaban J connectivity index is 1.45. The highest BCUT2D eigenvalue weighted by Gasteiger charge is 2.40. The molecule has 1 fully saturated rings. The molecule has 1 N–H and O–H groups in total. The van der Waals surface area contributed by atoms with Crippen LogP contribution in [0.4, 0.5) is 16.3 Å². The molecule has 1 saturated heterocycles. The summed E-state index contributed by atoms with van der Waals surface area (Å²) in [5.74, 6) is -0.298. The number of aromatic amines is 1. The molecule has 0 saturated carbocycles. The highest BCUT2D eigenvalue weighted by Crippen LogP contribution is 2.31. The van der Waals surface area contributed by atoms with Gasteiger partial charge in [0, 0.05) is 44.4 Å². The van der Waals surface area contributed by atoms with E-state index in [0.29, 0.717) is 11.4 Å². The third-order valence-electron chi connectivity index (χ3n) is 6.50. The molecule has 2 aromatic heterocycles. The van der Waals surface area contributed by atoms with Gasteiger partial charge < -0.3 is 23.8 Å². The van der Waals surface area contributed by atoms with Crippen molar-refractivity contribution in [3.8, 4) is 0 Å². The lowest BCUT2D eigenvalue weighted by molar-refractivity contribution is -0.384. The average molecular weight is 584 g/mol. The molecule has 4 rings (SSSR count). The molecule has 15 nitrogen and oxygen atoms in total. The maximum absolute atomic E-state index is 12.8. The summed E-state index contributed by atoms with van der Waals surface area (Å²) in [4.78, 5) is 67.2. The smallest absolute Gasteiger partial charge is 0.459 e. The lowest BCUT2D eigenvalue weighted by Gasteiger charge is -2.25. The second kappa shape index (κ2) is 13.1. The number of likely N-dealkylation sites (N-methyl/N-ethyl adjacent to an activating group) is 1. The topological polar surface area (TPSA) is 185 Å². The van der Waals surface area contributed by atoms with Gasteiger partial charge >= 0.3 is 17.8 Å².